The number of benzene rings is 4. The first-order chi connectivity index (χ1) is 19.5. The first kappa shape index (κ1) is 25.4. The van der Waals surface area contributed by atoms with E-state index in [1.54, 1.807) is 0 Å². The minimum absolute atomic E-state index is 0.00933. The second-order valence-corrected chi connectivity index (χ2v) is 9.52. The molecule has 0 saturated carbocycles. The zero-order valence-corrected chi connectivity index (χ0v) is 20.8. The topological polar surface area (TPSA) is 198 Å². The summed E-state index contributed by atoms with van der Waals surface area (Å²) in [6, 6.07) is 13.3. The molecule has 1 aliphatic rings. The van der Waals surface area contributed by atoms with E-state index in [2.05, 4.69) is 0 Å². The molecule has 0 fully saturated rings. The smallest absolute Gasteiger partial charge is 0.197 e. The summed E-state index contributed by atoms with van der Waals surface area (Å²) in [4.78, 5) is 27.3. The molecule has 0 saturated heterocycles. The van der Waals surface area contributed by atoms with E-state index in [9.17, 15) is 45.3 Å². The number of Topliss-reactive ketones (excluding diaryl/α,β-unsaturated/α-hetero) is 1. The third-order valence-corrected chi connectivity index (χ3v) is 6.94. The van der Waals surface area contributed by atoms with Crippen LogP contribution in [0.2, 0.25) is 0 Å². The van der Waals surface area contributed by atoms with Gasteiger partial charge in [0.15, 0.2) is 22.7 Å². The highest BCUT2D eigenvalue weighted by molar-refractivity contribution is 6.09. The molecule has 2 atom stereocenters. The van der Waals surface area contributed by atoms with Crippen LogP contribution >= 0.6 is 0 Å². The first-order valence-electron chi connectivity index (χ1n) is 12.1. The normalized spacial score (nSPS) is 16.3. The van der Waals surface area contributed by atoms with Crippen LogP contribution in [0.4, 0.5) is 0 Å². The zero-order valence-electron chi connectivity index (χ0n) is 20.8. The summed E-state index contributed by atoms with van der Waals surface area (Å²) in [5.74, 6) is -5.86. The summed E-state index contributed by atoms with van der Waals surface area (Å²) in [5.41, 5.74) is -1.15. The van der Waals surface area contributed by atoms with Gasteiger partial charge in [0.25, 0.3) is 0 Å². The van der Waals surface area contributed by atoms with Crippen molar-refractivity contribution < 1.29 is 49.7 Å². The Balaban J connectivity index is 1.67. The maximum absolute atomic E-state index is 14.1. The number of phenolic OH excluding ortho intramolecular Hbond substituents is 7. The van der Waals surface area contributed by atoms with Crippen LogP contribution in [-0.4, -0.2) is 41.5 Å². The maximum atomic E-state index is 14.1. The highest BCUT2D eigenvalue weighted by atomic mass is 16.5. The van der Waals surface area contributed by atoms with Crippen molar-refractivity contribution in [1.29, 1.82) is 0 Å². The van der Waals surface area contributed by atoms with Crippen molar-refractivity contribution in [2.45, 2.75) is 12.0 Å². The molecule has 0 radical (unpaired) electrons. The van der Waals surface area contributed by atoms with E-state index in [-0.39, 0.29) is 44.9 Å². The number of phenols is 7. The zero-order chi connectivity index (χ0) is 29.2. The fourth-order valence-electron chi connectivity index (χ4n) is 5.08. The molecule has 1 aromatic heterocycles. The molecule has 11 nitrogen and oxygen atoms in total. The molecule has 5 aromatic rings. The van der Waals surface area contributed by atoms with E-state index in [0.29, 0.717) is 5.56 Å². The third kappa shape index (κ3) is 4.07. The molecule has 0 amide bonds. The van der Waals surface area contributed by atoms with Gasteiger partial charge in [0.1, 0.15) is 62.9 Å². The van der Waals surface area contributed by atoms with Gasteiger partial charge >= 0.3 is 0 Å². The second kappa shape index (κ2) is 9.12. The van der Waals surface area contributed by atoms with Crippen LogP contribution in [0.25, 0.3) is 22.3 Å². The van der Waals surface area contributed by atoms with Crippen LogP contribution in [0, 0.1) is 0 Å². The van der Waals surface area contributed by atoms with Gasteiger partial charge in [0.05, 0.1) is 11.5 Å². The fraction of sp³-hybridized carbons (Fsp3) is 0.0667. The monoisotopic (exact) mass is 556 g/mol. The van der Waals surface area contributed by atoms with E-state index >= 15 is 0 Å². The second-order valence-electron chi connectivity index (χ2n) is 9.52. The van der Waals surface area contributed by atoms with Gasteiger partial charge in [0, 0.05) is 29.8 Å². The van der Waals surface area contributed by atoms with Crippen molar-refractivity contribution in [2.75, 3.05) is 0 Å². The molecule has 6 rings (SSSR count). The summed E-state index contributed by atoms with van der Waals surface area (Å²) in [5, 5.41) is 71.7. The van der Waals surface area contributed by atoms with Crippen LogP contribution < -0.4 is 10.2 Å². The summed E-state index contributed by atoms with van der Waals surface area (Å²) in [6.07, 6.45) is -1.36. The lowest BCUT2D eigenvalue weighted by Gasteiger charge is -2.34. The molecule has 0 bridgehead atoms. The summed E-state index contributed by atoms with van der Waals surface area (Å²) >= 11 is 0. The van der Waals surface area contributed by atoms with Crippen LogP contribution in [0.15, 0.2) is 75.9 Å². The average Bonchev–Trinajstić information content (AvgIpc) is 2.90. The van der Waals surface area contributed by atoms with Gasteiger partial charge < -0.3 is 44.9 Å². The molecule has 41 heavy (non-hydrogen) atoms. The van der Waals surface area contributed by atoms with Crippen molar-refractivity contribution in [3.63, 3.8) is 0 Å². The van der Waals surface area contributed by atoms with E-state index in [1.165, 1.54) is 30.3 Å². The van der Waals surface area contributed by atoms with Crippen molar-refractivity contribution in [2.24, 2.45) is 0 Å². The Morgan fingerprint density at radius 3 is 2.07 bits per heavy atom. The van der Waals surface area contributed by atoms with E-state index < -0.39 is 57.7 Å². The molecular formula is C30H20O11. The van der Waals surface area contributed by atoms with Crippen LogP contribution in [-0.2, 0) is 0 Å². The SMILES string of the molecule is O=C1c2c(O)cc(O)cc2O[C@H](c2ccc(O)c(O)c2)[C@@H]1c1c(O)cc(O)c2c(=O)cc(-c3ccc(O)cc3)oc12. The molecule has 206 valence electrons. The molecule has 0 unspecified atom stereocenters. The Kier molecular flexibility index (Phi) is 5.66. The van der Waals surface area contributed by atoms with Gasteiger partial charge in [-0.05, 0) is 42.0 Å². The van der Waals surface area contributed by atoms with Crippen LogP contribution in [0.3, 0.4) is 0 Å². The number of hydrogen-bond donors (Lipinski definition) is 7. The number of ketones is 1. The number of hydrogen-bond acceptors (Lipinski definition) is 11. The molecule has 0 spiro atoms. The highest BCUT2D eigenvalue weighted by Gasteiger charge is 2.44. The Bertz CT molecular complexity index is 1940. The minimum atomic E-state index is -1.54. The maximum Gasteiger partial charge on any atom is 0.197 e. The standard InChI is InChI=1S/C30H20O11/c31-14-4-1-12(2-5-14)22-11-21(38)24-19(36)10-20(37)26(30(24)40-22)27-28(39)25-18(35)8-15(32)9-23(25)41-29(27)13-3-6-16(33)17(34)7-13/h1-11,27,29,31-37H/t27-,29-/m1/s1. The molecule has 7 N–H and O–H groups in total. The van der Waals surface area contributed by atoms with E-state index in [1.807, 2.05) is 0 Å². The molecule has 4 aromatic carbocycles. The van der Waals surface area contributed by atoms with Crippen LogP contribution in [0.5, 0.6) is 46.0 Å². The van der Waals surface area contributed by atoms with Crippen molar-refractivity contribution in [1.82, 2.24) is 0 Å². The first-order valence-corrected chi connectivity index (χ1v) is 12.1. The Morgan fingerprint density at radius 2 is 1.37 bits per heavy atom. The highest BCUT2D eigenvalue weighted by Crippen LogP contribution is 2.52. The number of rotatable bonds is 3. The van der Waals surface area contributed by atoms with Gasteiger partial charge in [-0.3, -0.25) is 9.59 Å². The molecular weight excluding hydrogens is 536 g/mol. The molecule has 1 aliphatic heterocycles. The largest absolute Gasteiger partial charge is 0.508 e. The van der Waals surface area contributed by atoms with Crippen molar-refractivity contribution in [3.8, 4) is 57.3 Å². The van der Waals surface area contributed by atoms with Crippen molar-refractivity contribution in [3.05, 3.63) is 93.6 Å². The lowest BCUT2D eigenvalue weighted by atomic mass is 9.79. The predicted molar refractivity (Wildman–Crippen MR) is 143 cm³/mol. The van der Waals surface area contributed by atoms with Gasteiger partial charge in [-0.2, -0.15) is 0 Å². The molecule has 11 heteroatoms. The van der Waals surface area contributed by atoms with Crippen molar-refractivity contribution >= 4 is 16.8 Å². The Labute approximate surface area is 229 Å². The molecule has 2 heterocycles. The van der Waals surface area contributed by atoms with Gasteiger partial charge in [-0.25, -0.2) is 0 Å². The number of carbonyl (C=O) groups is 1. The van der Waals surface area contributed by atoms with Gasteiger partial charge in [-0.15, -0.1) is 0 Å². The lowest BCUT2D eigenvalue weighted by Crippen LogP contribution is -2.30. The minimum Gasteiger partial charge on any atom is -0.508 e. The van der Waals surface area contributed by atoms with Crippen LogP contribution in [0.1, 0.15) is 33.5 Å². The van der Waals surface area contributed by atoms with Gasteiger partial charge in [0.2, 0.25) is 0 Å². The van der Waals surface area contributed by atoms with Gasteiger partial charge in [-0.1, -0.05) is 6.07 Å². The Hall–Kier alpha value is -5.84. The quantitative estimate of drug-likeness (QED) is 0.154. The summed E-state index contributed by atoms with van der Waals surface area (Å²) in [6.45, 7) is 0. The third-order valence-electron chi connectivity index (χ3n) is 6.94. The summed E-state index contributed by atoms with van der Waals surface area (Å²) in [7, 11) is 0. The number of ether oxygens (including phenoxy) is 1. The lowest BCUT2D eigenvalue weighted by molar-refractivity contribution is 0.0772. The number of carbonyl (C=O) groups excluding carboxylic acids is 1. The fourth-order valence-corrected chi connectivity index (χ4v) is 5.08. The number of fused-ring (bicyclic) bond motifs is 2. The predicted octanol–water partition coefficient (Wildman–Crippen LogP) is 4.50. The summed E-state index contributed by atoms with van der Waals surface area (Å²) < 4.78 is 12.1. The Morgan fingerprint density at radius 1 is 0.634 bits per heavy atom. The molecule has 0 aliphatic carbocycles. The van der Waals surface area contributed by atoms with E-state index in [0.717, 1.165) is 36.4 Å². The number of aromatic hydroxyl groups is 7. The van der Waals surface area contributed by atoms with E-state index in [4.69, 9.17) is 9.15 Å². The average molecular weight is 556 g/mol.